The van der Waals surface area contributed by atoms with E-state index in [1.807, 2.05) is 12.1 Å². The van der Waals surface area contributed by atoms with Crippen molar-refractivity contribution in [3.63, 3.8) is 0 Å². The Bertz CT molecular complexity index is 1570. The molecule has 2 aromatic heterocycles. The van der Waals surface area contributed by atoms with E-state index in [0.29, 0.717) is 42.7 Å². The van der Waals surface area contributed by atoms with Crippen molar-refractivity contribution in [1.82, 2.24) is 19.8 Å². The van der Waals surface area contributed by atoms with Crippen LogP contribution in [0.15, 0.2) is 65.3 Å². The number of hydrogen-bond acceptors (Lipinski definition) is 4. The Labute approximate surface area is 221 Å². The number of carbonyl (C=O) groups is 1. The zero-order valence-electron chi connectivity index (χ0n) is 19.7. The van der Waals surface area contributed by atoms with Crippen molar-refractivity contribution in [2.45, 2.75) is 19.5 Å². The quantitative estimate of drug-likeness (QED) is 0.313. The fraction of sp³-hybridized carbons (Fsp3) is 0.179. The van der Waals surface area contributed by atoms with Gasteiger partial charge in [-0.25, -0.2) is 14.2 Å². The number of nitrogens with zero attached hydrogens (tertiary/aromatic N) is 4. The Kier molecular flexibility index (Phi) is 7.12. The Balaban J connectivity index is 1.40. The van der Waals surface area contributed by atoms with Crippen LogP contribution in [-0.2, 0) is 19.5 Å². The standard InChI is InChI=1S/C28H22BrF2N5O/c29-21-4-5-24(30)20(14-21)2-1-10-35-11-8-26-23(17-35)22-12-18(15-32)3-6-25(22)36(26)28(37)34-16-19-7-9-33-27(31)13-19/h1-7,9,12-14H,8,10-11,16-17H2,(H,34,37)/b2-1+. The fourth-order valence-corrected chi connectivity index (χ4v) is 5.03. The van der Waals surface area contributed by atoms with Gasteiger partial charge >= 0.3 is 6.03 Å². The highest BCUT2D eigenvalue weighted by Gasteiger charge is 2.26. The van der Waals surface area contributed by atoms with Gasteiger partial charge in [-0.2, -0.15) is 9.65 Å². The molecule has 6 nitrogen and oxygen atoms in total. The first-order valence-corrected chi connectivity index (χ1v) is 12.5. The second kappa shape index (κ2) is 10.6. The highest BCUT2D eigenvalue weighted by molar-refractivity contribution is 9.10. The number of hydrogen-bond donors (Lipinski definition) is 1. The normalized spacial score (nSPS) is 13.6. The van der Waals surface area contributed by atoms with Gasteiger partial charge < -0.3 is 5.32 Å². The van der Waals surface area contributed by atoms with Crippen LogP contribution in [0.1, 0.15) is 27.9 Å². The first-order valence-electron chi connectivity index (χ1n) is 11.7. The summed E-state index contributed by atoms with van der Waals surface area (Å²) in [4.78, 5) is 19.0. The highest BCUT2D eigenvalue weighted by Crippen LogP contribution is 2.32. The van der Waals surface area contributed by atoms with Crippen LogP contribution in [0.3, 0.4) is 0 Å². The molecular formula is C28H22BrF2N5O. The SMILES string of the molecule is N#Cc1ccc2c(c1)c1c(n2C(=O)NCc2ccnc(F)c2)CCN(C/C=C/c2cc(Br)ccc2F)C1. The van der Waals surface area contributed by atoms with Gasteiger partial charge in [0.15, 0.2) is 0 Å². The maximum Gasteiger partial charge on any atom is 0.326 e. The van der Waals surface area contributed by atoms with Gasteiger partial charge in [0.05, 0.1) is 17.1 Å². The Morgan fingerprint density at radius 3 is 2.86 bits per heavy atom. The van der Waals surface area contributed by atoms with Crippen LogP contribution in [0, 0.1) is 23.1 Å². The minimum Gasteiger partial charge on any atom is -0.333 e. The van der Waals surface area contributed by atoms with Crippen LogP contribution in [0.5, 0.6) is 0 Å². The topological polar surface area (TPSA) is 74.0 Å². The van der Waals surface area contributed by atoms with E-state index in [2.05, 4.69) is 37.2 Å². The van der Waals surface area contributed by atoms with Crippen molar-refractivity contribution in [2.24, 2.45) is 0 Å². The van der Waals surface area contributed by atoms with E-state index < -0.39 is 5.95 Å². The maximum atomic E-state index is 14.1. The van der Waals surface area contributed by atoms with E-state index in [-0.39, 0.29) is 18.4 Å². The third-order valence-corrected chi connectivity index (χ3v) is 6.91. The van der Waals surface area contributed by atoms with Gasteiger partial charge in [-0.3, -0.25) is 9.47 Å². The monoisotopic (exact) mass is 561 g/mol. The van der Waals surface area contributed by atoms with Gasteiger partial charge in [-0.15, -0.1) is 0 Å². The lowest BCUT2D eigenvalue weighted by Gasteiger charge is -2.27. The number of rotatable bonds is 5. The summed E-state index contributed by atoms with van der Waals surface area (Å²) >= 11 is 3.37. The lowest BCUT2D eigenvalue weighted by molar-refractivity contribution is 0.240. The van der Waals surface area contributed by atoms with Crippen LogP contribution in [0.25, 0.3) is 17.0 Å². The molecule has 186 valence electrons. The number of pyridine rings is 1. The minimum atomic E-state index is -0.601. The molecule has 0 radical (unpaired) electrons. The van der Waals surface area contributed by atoms with Gasteiger partial charge in [-0.05, 0) is 59.7 Å². The van der Waals surface area contributed by atoms with Gasteiger partial charge in [0.1, 0.15) is 5.82 Å². The lowest BCUT2D eigenvalue weighted by atomic mass is 10.0. The number of aromatic nitrogens is 2. The van der Waals surface area contributed by atoms with Crippen LogP contribution in [-0.4, -0.2) is 33.6 Å². The summed E-state index contributed by atoms with van der Waals surface area (Å²) in [5.41, 5.74) is 4.23. The molecule has 37 heavy (non-hydrogen) atoms. The fourth-order valence-electron chi connectivity index (χ4n) is 4.65. The molecule has 2 aromatic carbocycles. The van der Waals surface area contributed by atoms with Gasteiger partial charge in [0.25, 0.3) is 0 Å². The minimum absolute atomic E-state index is 0.159. The lowest BCUT2D eigenvalue weighted by Crippen LogP contribution is -2.34. The molecule has 1 aliphatic rings. The first-order chi connectivity index (χ1) is 17.9. The predicted octanol–water partition coefficient (Wildman–Crippen LogP) is 5.78. The molecular weight excluding hydrogens is 540 g/mol. The second-order valence-corrected chi connectivity index (χ2v) is 9.72. The van der Waals surface area contributed by atoms with Gasteiger partial charge in [0.2, 0.25) is 5.95 Å². The molecule has 0 atom stereocenters. The van der Waals surface area contributed by atoms with E-state index in [1.165, 1.54) is 18.3 Å². The highest BCUT2D eigenvalue weighted by atomic mass is 79.9. The second-order valence-electron chi connectivity index (χ2n) is 8.80. The molecule has 5 rings (SSSR count). The summed E-state index contributed by atoms with van der Waals surface area (Å²) in [6.07, 6.45) is 5.68. The van der Waals surface area contributed by atoms with Crippen molar-refractivity contribution in [2.75, 3.05) is 13.1 Å². The number of carbonyl (C=O) groups excluding carboxylic acids is 1. The van der Waals surface area contributed by atoms with E-state index >= 15 is 0 Å². The number of benzene rings is 2. The van der Waals surface area contributed by atoms with Crippen LogP contribution >= 0.6 is 15.9 Å². The van der Waals surface area contributed by atoms with E-state index in [0.717, 1.165) is 26.6 Å². The zero-order valence-corrected chi connectivity index (χ0v) is 21.3. The number of nitrogens with one attached hydrogen (secondary N) is 1. The number of fused-ring (bicyclic) bond motifs is 3. The average Bonchev–Trinajstić information content (AvgIpc) is 3.22. The molecule has 0 unspecified atom stereocenters. The number of amides is 1. The Morgan fingerprint density at radius 1 is 1.19 bits per heavy atom. The van der Waals surface area contributed by atoms with Crippen molar-refractivity contribution in [1.29, 1.82) is 5.26 Å². The molecule has 0 fully saturated rings. The molecule has 0 spiro atoms. The average molecular weight is 562 g/mol. The van der Waals surface area contributed by atoms with Crippen molar-refractivity contribution < 1.29 is 13.6 Å². The van der Waals surface area contributed by atoms with Crippen molar-refractivity contribution in [3.8, 4) is 6.07 Å². The van der Waals surface area contributed by atoms with E-state index in [1.54, 1.807) is 41.0 Å². The molecule has 1 amide bonds. The summed E-state index contributed by atoms with van der Waals surface area (Å²) in [6.45, 7) is 2.06. The maximum absolute atomic E-state index is 14.1. The van der Waals surface area contributed by atoms with Gasteiger partial charge in [-0.1, -0.05) is 28.1 Å². The predicted molar refractivity (Wildman–Crippen MR) is 141 cm³/mol. The van der Waals surface area contributed by atoms with Crippen molar-refractivity contribution in [3.05, 3.63) is 105 Å². The summed E-state index contributed by atoms with van der Waals surface area (Å²) in [6, 6.07) is 14.9. The molecule has 4 aromatic rings. The zero-order chi connectivity index (χ0) is 25.9. The molecule has 0 saturated carbocycles. The molecule has 9 heteroatoms. The Morgan fingerprint density at radius 2 is 2.05 bits per heavy atom. The van der Waals surface area contributed by atoms with E-state index in [9.17, 15) is 18.8 Å². The van der Waals surface area contributed by atoms with Crippen LogP contribution < -0.4 is 5.32 Å². The molecule has 3 heterocycles. The first kappa shape index (κ1) is 24.8. The Hall–Kier alpha value is -3.87. The van der Waals surface area contributed by atoms with Gasteiger partial charge in [0, 0.05) is 59.9 Å². The van der Waals surface area contributed by atoms with Crippen LogP contribution in [0.4, 0.5) is 13.6 Å². The number of nitriles is 1. The van der Waals surface area contributed by atoms with Crippen molar-refractivity contribution >= 4 is 38.9 Å². The third kappa shape index (κ3) is 5.31. The van der Waals surface area contributed by atoms with E-state index in [4.69, 9.17) is 0 Å². The third-order valence-electron chi connectivity index (χ3n) is 6.41. The molecule has 1 aliphatic heterocycles. The summed E-state index contributed by atoms with van der Waals surface area (Å²) in [5.74, 6) is -0.885. The van der Waals surface area contributed by atoms with Crippen LogP contribution in [0.2, 0.25) is 0 Å². The molecule has 1 N–H and O–H groups in total. The summed E-state index contributed by atoms with van der Waals surface area (Å²) in [7, 11) is 0. The molecule has 0 aliphatic carbocycles. The number of halogens is 3. The molecule has 0 saturated heterocycles. The summed E-state index contributed by atoms with van der Waals surface area (Å²) < 4.78 is 30.0. The largest absolute Gasteiger partial charge is 0.333 e. The summed E-state index contributed by atoms with van der Waals surface area (Å²) in [5, 5.41) is 13.2. The molecule has 0 bridgehead atoms. The smallest absolute Gasteiger partial charge is 0.326 e.